The molecule has 1 saturated heterocycles. The van der Waals surface area contributed by atoms with Gasteiger partial charge in [0.2, 0.25) is 5.91 Å². The number of hydrogen-bond donors (Lipinski definition) is 0. The molecule has 2 heterocycles. The average Bonchev–Trinajstić information content (AvgIpc) is 3.39. The highest BCUT2D eigenvalue weighted by Gasteiger charge is 2.40. The van der Waals surface area contributed by atoms with Crippen molar-refractivity contribution < 1.29 is 14.0 Å². The van der Waals surface area contributed by atoms with Crippen LogP contribution in [-0.2, 0) is 4.79 Å². The van der Waals surface area contributed by atoms with Crippen molar-refractivity contribution in [2.24, 2.45) is 5.92 Å². The molecule has 6 heteroatoms. The molecule has 0 unspecified atom stereocenters. The smallest absolute Gasteiger partial charge is 0.289 e. The van der Waals surface area contributed by atoms with E-state index in [0.717, 1.165) is 18.4 Å². The van der Waals surface area contributed by atoms with E-state index in [1.54, 1.807) is 17.0 Å². The Morgan fingerprint density at radius 2 is 1.82 bits per heavy atom. The summed E-state index contributed by atoms with van der Waals surface area (Å²) in [7, 11) is 0. The number of likely N-dealkylation sites (tertiary alicyclic amines) is 1. The molecule has 1 atom stereocenters. The van der Waals surface area contributed by atoms with E-state index in [9.17, 15) is 9.59 Å². The van der Waals surface area contributed by atoms with Gasteiger partial charge in [-0.25, -0.2) is 0 Å². The van der Waals surface area contributed by atoms with Crippen LogP contribution < -0.4 is 0 Å². The molecule has 1 saturated carbocycles. The second-order valence-electron chi connectivity index (χ2n) is 7.72. The van der Waals surface area contributed by atoms with Crippen molar-refractivity contribution >= 4 is 23.4 Å². The largest absolute Gasteiger partial charge is 0.459 e. The summed E-state index contributed by atoms with van der Waals surface area (Å²) >= 11 is 6.39. The normalized spacial score (nSPS) is 18.7. The van der Waals surface area contributed by atoms with E-state index < -0.39 is 0 Å². The third kappa shape index (κ3) is 3.81. The first-order chi connectivity index (χ1) is 13.6. The Bertz CT molecular complexity index is 839. The average molecular weight is 401 g/mol. The number of halogens is 1. The van der Waals surface area contributed by atoms with Gasteiger partial charge in [-0.3, -0.25) is 9.59 Å². The first kappa shape index (κ1) is 19.1. The van der Waals surface area contributed by atoms with Gasteiger partial charge in [-0.05, 0) is 56.4 Å². The summed E-state index contributed by atoms with van der Waals surface area (Å²) < 4.78 is 5.21. The van der Waals surface area contributed by atoms with Crippen molar-refractivity contribution in [3.8, 4) is 0 Å². The number of furan rings is 1. The minimum absolute atomic E-state index is 0.0449. The lowest BCUT2D eigenvalue weighted by molar-refractivity contribution is -0.139. The van der Waals surface area contributed by atoms with E-state index >= 15 is 0 Å². The summed E-state index contributed by atoms with van der Waals surface area (Å²) in [5.74, 6) is 0.405. The Balaban J connectivity index is 1.43. The minimum Gasteiger partial charge on any atom is -0.459 e. The maximum Gasteiger partial charge on any atom is 0.289 e. The van der Waals surface area contributed by atoms with Crippen LogP contribution in [-0.4, -0.2) is 40.7 Å². The zero-order valence-corrected chi connectivity index (χ0v) is 16.8. The molecule has 2 aromatic rings. The Labute approximate surface area is 170 Å². The predicted molar refractivity (Wildman–Crippen MR) is 107 cm³/mol. The van der Waals surface area contributed by atoms with Gasteiger partial charge in [0, 0.05) is 30.1 Å². The molecule has 2 aliphatic rings. The number of carbonyl (C=O) groups is 2. The van der Waals surface area contributed by atoms with Crippen molar-refractivity contribution in [1.82, 2.24) is 9.80 Å². The van der Waals surface area contributed by atoms with Crippen LogP contribution in [0.3, 0.4) is 0 Å². The molecule has 2 amide bonds. The summed E-state index contributed by atoms with van der Waals surface area (Å²) in [4.78, 5) is 29.6. The number of amides is 2. The number of nitrogens with zero attached hydrogens (tertiary/aromatic N) is 2. The van der Waals surface area contributed by atoms with Crippen LogP contribution in [0, 0.1) is 5.92 Å². The monoisotopic (exact) mass is 400 g/mol. The highest BCUT2D eigenvalue weighted by atomic mass is 35.5. The maximum atomic E-state index is 13.4. The Morgan fingerprint density at radius 3 is 2.43 bits per heavy atom. The van der Waals surface area contributed by atoms with Crippen LogP contribution >= 0.6 is 11.6 Å². The summed E-state index contributed by atoms with van der Waals surface area (Å²) in [6.45, 7) is 3.22. The molecule has 1 aliphatic carbocycles. The second kappa shape index (κ2) is 8.00. The van der Waals surface area contributed by atoms with E-state index in [-0.39, 0.29) is 23.8 Å². The topological polar surface area (TPSA) is 53.8 Å². The summed E-state index contributed by atoms with van der Waals surface area (Å²) in [6, 6.07) is 11.4. The molecular formula is C22H25ClN2O3. The second-order valence-corrected chi connectivity index (χ2v) is 8.13. The van der Waals surface area contributed by atoms with Crippen LogP contribution in [0.5, 0.6) is 0 Å². The Morgan fingerprint density at radius 1 is 1.11 bits per heavy atom. The molecule has 1 aromatic heterocycles. The van der Waals surface area contributed by atoms with E-state index in [1.807, 2.05) is 29.2 Å². The number of benzene rings is 1. The zero-order chi connectivity index (χ0) is 19.7. The fourth-order valence-electron chi connectivity index (χ4n) is 4.10. The summed E-state index contributed by atoms with van der Waals surface area (Å²) in [5, 5.41) is 0.701. The Hall–Kier alpha value is -2.27. The van der Waals surface area contributed by atoms with Crippen molar-refractivity contribution in [3.63, 3.8) is 0 Å². The lowest BCUT2D eigenvalue weighted by Gasteiger charge is -2.37. The van der Waals surface area contributed by atoms with Gasteiger partial charge in [0.15, 0.2) is 5.76 Å². The molecule has 148 valence electrons. The standard InChI is InChI=1S/C22H25ClN2O3/c1-15(18-5-2-3-6-19(18)23)25(17-8-9-17)21(26)16-10-12-24(13-11-16)22(27)20-7-4-14-28-20/h2-7,14-17H,8-13H2,1H3/t15-/m0/s1. The van der Waals surface area contributed by atoms with Crippen LogP contribution in [0.4, 0.5) is 0 Å². The molecule has 2 fully saturated rings. The van der Waals surface area contributed by atoms with Crippen molar-refractivity contribution in [2.45, 2.75) is 44.7 Å². The summed E-state index contributed by atoms with van der Waals surface area (Å²) in [6.07, 6.45) is 4.98. The highest BCUT2D eigenvalue weighted by Crippen LogP contribution is 2.38. The third-order valence-corrected chi connectivity index (χ3v) is 6.17. The van der Waals surface area contributed by atoms with Crippen LogP contribution in [0.25, 0.3) is 0 Å². The molecular weight excluding hydrogens is 376 g/mol. The quantitative estimate of drug-likeness (QED) is 0.740. The predicted octanol–water partition coefficient (Wildman–Crippen LogP) is 4.54. The molecule has 0 radical (unpaired) electrons. The van der Waals surface area contributed by atoms with Crippen LogP contribution in [0.1, 0.15) is 54.8 Å². The molecule has 0 spiro atoms. The van der Waals surface area contributed by atoms with E-state index in [4.69, 9.17) is 16.0 Å². The molecule has 1 aliphatic heterocycles. The zero-order valence-electron chi connectivity index (χ0n) is 16.0. The van der Waals surface area contributed by atoms with Gasteiger partial charge in [-0.2, -0.15) is 0 Å². The maximum absolute atomic E-state index is 13.4. The molecule has 28 heavy (non-hydrogen) atoms. The van der Waals surface area contributed by atoms with Gasteiger partial charge in [-0.15, -0.1) is 0 Å². The van der Waals surface area contributed by atoms with E-state index in [1.165, 1.54) is 6.26 Å². The molecule has 1 aromatic carbocycles. The van der Waals surface area contributed by atoms with Gasteiger partial charge >= 0.3 is 0 Å². The molecule has 0 N–H and O–H groups in total. The Kier molecular flexibility index (Phi) is 5.44. The SMILES string of the molecule is C[C@@H](c1ccccc1Cl)N(C(=O)C1CCN(C(=O)c2ccco2)CC1)C1CC1. The fraction of sp³-hybridized carbons (Fsp3) is 0.455. The number of hydrogen-bond acceptors (Lipinski definition) is 3. The van der Waals surface area contributed by atoms with E-state index in [0.29, 0.717) is 42.8 Å². The van der Waals surface area contributed by atoms with Crippen LogP contribution in [0.2, 0.25) is 5.02 Å². The van der Waals surface area contributed by atoms with Crippen molar-refractivity contribution in [3.05, 3.63) is 59.0 Å². The van der Waals surface area contributed by atoms with Gasteiger partial charge < -0.3 is 14.2 Å². The van der Waals surface area contributed by atoms with E-state index in [2.05, 4.69) is 6.92 Å². The number of carbonyl (C=O) groups excluding carboxylic acids is 2. The third-order valence-electron chi connectivity index (χ3n) is 5.83. The van der Waals surface area contributed by atoms with Crippen molar-refractivity contribution in [2.75, 3.05) is 13.1 Å². The minimum atomic E-state index is -0.0978. The van der Waals surface area contributed by atoms with Crippen LogP contribution in [0.15, 0.2) is 47.1 Å². The highest BCUT2D eigenvalue weighted by molar-refractivity contribution is 6.31. The number of rotatable bonds is 5. The molecule has 5 nitrogen and oxygen atoms in total. The molecule has 4 rings (SSSR count). The number of piperidine rings is 1. The van der Waals surface area contributed by atoms with Crippen molar-refractivity contribution in [1.29, 1.82) is 0 Å². The van der Waals surface area contributed by atoms with Gasteiger partial charge in [0.05, 0.1) is 12.3 Å². The molecule has 0 bridgehead atoms. The van der Waals surface area contributed by atoms with Gasteiger partial charge in [0.1, 0.15) is 0 Å². The lowest BCUT2D eigenvalue weighted by Crippen LogP contribution is -2.45. The first-order valence-electron chi connectivity index (χ1n) is 9.95. The lowest BCUT2D eigenvalue weighted by atomic mass is 9.93. The summed E-state index contributed by atoms with van der Waals surface area (Å²) in [5.41, 5.74) is 0.995. The first-order valence-corrected chi connectivity index (χ1v) is 10.3. The fourth-order valence-corrected chi connectivity index (χ4v) is 4.39. The van der Waals surface area contributed by atoms with Gasteiger partial charge in [-0.1, -0.05) is 29.8 Å². The van der Waals surface area contributed by atoms with Gasteiger partial charge in [0.25, 0.3) is 5.91 Å².